The Hall–Kier alpha value is -1.31. The van der Waals surface area contributed by atoms with E-state index in [-0.39, 0.29) is 0 Å². The van der Waals surface area contributed by atoms with Crippen molar-refractivity contribution in [2.45, 2.75) is 40.7 Å². The summed E-state index contributed by atoms with van der Waals surface area (Å²) in [7, 11) is 0. The van der Waals surface area contributed by atoms with Gasteiger partial charge in [0.05, 0.1) is 0 Å². The predicted octanol–water partition coefficient (Wildman–Crippen LogP) is 4.96. The Labute approximate surface area is 126 Å². The van der Waals surface area contributed by atoms with Gasteiger partial charge in [-0.25, -0.2) is 0 Å². The number of hydrogen-bond acceptors (Lipinski definition) is 1. The summed E-state index contributed by atoms with van der Waals surface area (Å²) in [6.07, 6.45) is -0.606. The quantitative estimate of drug-likeness (QED) is 0.828. The number of aliphatic hydroxyl groups is 1. The highest BCUT2D eigenvalue weighted by Gasteiger charge is 2.19. The molecule has 0 bridgehead atoms. The third kappa shape index (κ3) is 2.48. The van der Waals surface area contributed by atoms with E-state index >= 15 is 0 Å². The minimum Gasteiger partial charge on any atom is -0.384 e. The molecule has 0 radical (unpaired) electrons. The zero-order valence-corrected chi connectivity index (χ0v) is 13.5. The lowest BCUT2D eigenvalue weighted by atomic mass is 9.85. The smallest absolute Gasteiger partial charge is 0.105 e. The van der Waals surface area contributed by atoms with E-state index < -0.39 is 6.10 Å². The van der Waals surface area contributed by atoms with Crippen LogP contribution in [0.15, 0.2) is 24.3 Å². The van der Waals surface area contributed by atoms with E-state index in [1.54, 1.807) is 0 Å². The van der Waals surface area contributed by atoms with Gasteiger partial charge in [0.15, 0.2) is 0 Å². The highest BCUT2D eigenvalue weighted by Crippen LogP contribution is 2.33. The molecule has 0 saturated carbocycles. The molecule has 0 spiro atoms. The molecule has 0 heterocycles. The summed E-state index contributed by atoms with van der Waals surface area (Å²) >= 11 is 5.91. The first-order valence-corrected chi connectivity index (χ1v) is 7.22. The van der Waals surface area contributed by atoms with E-state index in [2.05, 4.69) is 34.6 Å². The van der Waals surface area contributed by atoms with E-state index in [1.807, 2.05) is 24.3 Å². The second-order valence-electron chi connectivity index (χ2n) is 5.49. The highest BCUT2D eigenvalue weighted by atomic mass is 35.5. The topological polar surface area (TPSA) is 20.2 Å². The molecule has 0 saturated heterocycles. The summed E-state index contributed by atoms with van der Waals surface area (Å²) < 4.78 is 0. The number of benzene rings is 2. The van der Waals surface area contributed by atoms with Crippen molar-refractivity contribution in [1.29, 1.82) is 0 Å². The molecule has 0 fully saturated rings. The first kappa shape index (κ1) is 15.1. The normalized spacial score (nSPS) is 12.6. The summed E-state index contributed by atoms with van der Waals surface area (Å²) in [5, 5.41) is 11.4. The SMILES string of the molecule is Cc1c(C)c(C)c(C(O)c2ccc(Cl)cc2)c(C)c1C. The summed E-state index contributed by atoms with van der Waals surface area (Å²) in [5.41, 5.74) is 8.08. The lowest BCUT2D eigenvalue weighted by Crippen LogP contribution is -2.09. The van der Waals surface area contributed by atoms with E-state index in [0.29, 0.717) is 5.02 Å². The Bertz CT molecular complexity index is 612. The monoisotopic (exact) mass is 288 g/mol. The van der Waals surface area contributed by atoms with E-state index in [1.165, 1.54) is 27.8 Å². The van der Waals surface area contributed by atoms with Gasteiger partial charge >= 0.3 is 0 Å². The molecule has 0 aliphatic carbocycles. The van der Waals surface area contributed by atoms with Crippen LogP contribution in [0.1, 0.15) is 45.0 Å². The van der Waals surface area contributed by atoms with Gasteiger partial charge in [0, 0.05) is 5.02 Å². The van der Waals surface area contributed by atoms with Crippen LogP contribution in [-0.4, -0.2) is 5.11 Å². The molecule has 2 rings (SSSR count). The van der Waals surface area contributed by atoms with Crippen molar-refractivity contribution in [2.24, 2.45) is 0 Å². The van der Waals surface area contributed by atoms with Gasteiger partial charge in [-0.2, -0.15) is 0 Å². The van der Waals surface area contributed by atoms with Crippen molar-refractivity contribution in [3.63, 3.8) is 0 Å². The largest absolute Gasteiger partial charge is 0.384 e. The summed E-state index contributed by atoms with van der Waals surface area (Å²) in [6, 6.07) is 7.41. The predicted molar refractivity (Wildman–Crippen MR) is 85.6 cm³/mol. The molecule has 2 aromatic carbocycles. The Balaban J connectivity index is 2.60. The lowest BCUT2D eigenvalue weighted by molar-refractivity contribution is 0.218. The van der Waals surface area contributed by atoms with Gasteiger partial charge in [-0.15, -0.1) is 0 Å². The fourth-order valence-corrected chi connectivity index (χ4v) is 2.88. The van der Waals surface area contributed by atoms with Gasteiger partial charge in [0.25, 0.3) is 0 Å². The Morgan fingerprint density at radius 1 is 0.750 bits per heavy atom. The van der Waals surface area contributed by atoms with Gasteiger partial charge in [0.1, 0.15) is 6.10 Å². The number of halogens is 1. The maximum atomic E-state index is 10.7. The molecular formula is C18H21ClO. The highest BCUT2D eigenvalue weighted by molar-refractivity contribution is 6.30. The molecule has 0 amide bonds. The van der Waals surface area contributed by atoms with Crippen LogP contribution < -0.4 is 0 Å². The fourth-order valence-electron chi connectivity index (χ4n) is 2.75. The van der Waals surface area contributed by atoms with E-state index in [0.717, 1.165) is 11.1 Å². The first-order chi connectivity index (χ1) is 9.34. The fraction of sp³-hybridized carbons (Fsp3) is 0.333. The van der Waals surface area contributed by atoms with Gasteiger partial charge < -0.3 is 5.11 Å². The van der Waals surface area contributed by atoms with Gasteiger partial charge in [-0.3, -0.25) is 0 Å². The van der Waals surface area contributed by atoms with Crippen LogP contribution in [0.2, 0.25) is 5.02 Å². The number of hydrogen-bond donors (Lipinski definition) is 1. The first-order valence-electron chi connectivity index (χ1n) is 6.85. The summed E-state index contributed by atoms with van der Waals surface area (Å²) in [6.45, 7) is 10.6. The van der Waals surface area contributed by atoms with Crippen LogP contribution >= 0.6 is 11.6 Å². The Kier molecular flexibility index (Phi) is 4.22. The molecule has 1 atom stereocenters. The molecule has 1 N–H and O–H groups in total. The molecule has 1 nitrogen and oxygen atoms in total. The third-order valence-electron chi connectivity index (χ3n) is 4.52. The lowest BCUT2D eigenvalue weighted by Gasteiger charge is -2.22. The van der Waals surface area contributed by atoms with Crippen molar-refractivity contribution in [3.05, 3.63) is 68.2 Å². The Morgan fingerprint density at radius 3 is 1.60 bits per heavy atom. The molecule has 0 aromatic heterocycles. The number of aliphatic hydroxyl groups excluding tert-OH is 1. The standard InChI is InChI=1S/C18H21ClO/c1-10-11(2)13(4)17(14(5)12(10)3)18(20)15-6-8-16(19)9-7-15/h6-9,18,20H,1-5H3. The Morgan fingerprint density at radius 2 is 1.15 bits per heavy atom. The van der Waals surface area contributed by atoms with Crippen molar-refractivity contribution in [3.8, 4) is 0 Å². The van der Waals surface area contributed by atoms with Crippen LogP contribution in [-0.2, 0) is 0 Å². The average Bonchev–Trinajstić information content (AvgIpc) is 2.44. The third-order valence-corrected chi connectivity index (χ3v) is 4.77. The van der Waals surface area contributed by atoms with Crippen molar-refractivity contribution >= 4 is 11.6 Å². The van der Waals surface area contributed by atoms with Crippen LogP contribution in [0.25, 0.3) is 0 Å². The average molecular weight is 289 g/mol. The van der Waals surface area contributed by atoms with Crippen molar-refractivity contribution < 1.29 is 5.11 Å². The molecule has 2 heteroatoms. The molecular weight excluding hydrogens is 268 g/mol. The summed E-state index contributed by atoms with van der Waals surface area (Å²) in [5.74, 6) is 0. The number of rotatable bonds is 2. The minimum atomic E-state index is -0.606. The summed E-state index contributed by atoms with van der Waals surface area (Å²) in [4.78, 5) is 0. The van der Waals surface area contributed by atoms with Crippen molar-refractivity contribution in [1.82, 2.24) is 0 Å². The van der Waals surface area contributed by atoms with E-state index in [4.69, 9.17) is 11.6 Å². The van der Waals surface area contributed by atoms with Gasteiger partial charge in [0.2, 0.25) is 0 Å². The van der Waals surface area contributed by atoms with Crippen LogP contribution in [0.3, 0.4) is 0 Å². The molecule has 2 aromatic rings. The van der Waals surface area contributed by atoms with Crippen LogP contribution in [0.5, 0.6) is 0 Å². The second-order valence-corrected chi connectivity index (χ2v) is 5.93. The zero-order chi connectivity index (χ0) is 15.0. The van der Waals surface area contributed by atoms with Crippen LogP contribution in [0.4, 0.5) is 0 Å². The van der Waals surface area contributed by atoms with Gasteiger partial charge in [-0.05, 0) is 85.7 Å². The maximum Gasteiger partial charge on any atom is 0.105 e. The second kappa shape index (κ2) is 5.59. The molecule has 0 aliphatic rings. The molecule has 1 unspecified atom stereocenters. The molecule has 20 heavy (non-hydrogen) atoms. The van der Waals surface area contributed by atoms with Crippen molar-refractivity contribution in [2.75, 3.05) is 0 Å². The van der Waals surface area contributed by atoms with Gasteiger partial charge in [-0.1, -0.05) is 23.7 Å². The maximum absolute atomic E-state index is 10.7. The van der Waals surface area contributed by atoms with E-state index in [9.17, 15) is 5.11 Å². The molecule has 0 aliphatic heterocycles. The molecule has 106 valence electrons. The minimum absolute atomic E-state index is 0.606. The van der Waals surface area contributed by atoms with Crippen LogP contribution in [0, 0.1) is 34.6 Å². The zero-order valence-electron chi connectivity index (χ0n) is 12.7.